The summed E-state index contributed by atoms with van der Waals surface area (Å²) in [6.07, 6.45) is 1.68. The first-order valence-corrected chi connectivity index (χ1v) is 8.82. The Labute approximate surface area is 151 Å². The molecule has 0 bridgehead atoms. The fourth-order valence-electron chi connectivity index (χ4n) is 2.88. The van der Waals surface area contributed by atoms with E-state index in [2.05, 4.69) is 21.8 Å². The molecule has 1 aromatic carbocycles. The van der Waals surface area contributed by atoms with E-state index in [9.17, 15) is 4.79 Å². The van der Waals surface area contributed by atoms with Crippen molar-refractivity contribution in [2.75, 3.05) is 37.6 Å². The van der Waals surface area contributed by atoms with Gasteiger partial charge in [0.15, 0.2) is 0 Å². The quantitative estimate of drug-likeness (QED) is 0.834. The molecule has 2 heterocycles. The van der Waals surface area contributed by atoms with Gasteiger partial charge in [-0.05, 0) is 18.2 Å². The Hall–Kier alpha value is -1.56. The number of likely N-dealkylation sites (N-methyl/N-ethyl adjacent to an activating group) is 1. The van der Waals surface area contributed by atoms with Gasteiger partial charge in [-0.2, -0.15) is 5.10 Å². The van der Waals surface area contributed by atoms with Crippen LogP contribution in [-0.4, -0.2) is 47.4 Å². The number of rotatable bonds is 4. The van der Waals surface area contributed by atoms with E-state index in [0.29, 0.717) is 17.3 Å². The lowest BCUT2D eigenvalue weighted by molar-refractivity contribution is 0.271. The van der Waals surface area contributed by atoms with Crippen LogP contribution in [0.2, 0.25) is 10.0 Å². The van der Waals surface area contributed by atoms with E-state index in [1.807, 2.05) is 18.2 Å². The van der Waals surface area contributed by atoms with Crippen molar-refractivity contribution in [3.63, 3.8) is 0 Å². The predicted octanol–water partition coefficient (Wildman–Crippen LogP) is 2.74. The lowest BCUT2D eigenvalue weighted by Crippen LogP contribution is -2.46. The lowest BCUT2D eigenvalue weighted by atomic mass is 10.2. The predicted molar refractivity (Wildman–Crippen MR) is 98.4 cm³/mol. The van der Waals surface area contributed by atoms with E-state index in [0.717, 1.165) is 38.3 Å². The highest BCUT2D eigenvalue weighted by molar-refractivity contribution is 6.33. The zero-order chi connectivity index (χ0) is 17.1. The highest BCUT2D eigenvalue weighted by atomic mass is 35.5. The van der Waals surface area contributed by atoms with Gasteiger partial charge < -0.3 is 9.80 Å². The second kappa shape index (κ2) is 7.55. The molecular weight excluding hydrogens is 347 g/mol. The van der Waals surface area contributed by atoms with Crippen LogP contribution < -0.4 is 10.5 Å². The number of hydrogen-bond acceptors (Lipinski definition) is 4. The third-order valence-electron chi connectivity index (χ3n) is 4.40. The molecule has 0 amide bonds. The third-order valence-corrected chi connectivity index (χ3v) is 5.13. The van der Waals surface area contributed by atoms with Crippen LogP contribution in [0.5, 0.6) is 0 Å². The van der Waals surface area contributed by atoms with Crippen LogP contribution in [0, 0.1) is 0 Å². The average molecular weight is 367 g/mol. The Balaban J connectivity index is 1.82. The summed E-state index contributed by atoms with van der Waals surface area (Å²) in [6, 6.07) is 7.41. The van der Waals surface area contributed by atoms with Crippen LogP contribution >= 0.6 is 23.2 Å². The summed E-state index contributed by atoms with van der Waals surface area (Å²) in [7, 11) is 0. The van der Waals surface area contributed by atoms with Crippen LogP contribution in [0.4, 0.5) is 5.69 Å². The lowest BCUT2D eigenvalue weighted by Gasteiger charge is -2.35. The molecule has 24 heavy (non-hydrogen) atoms. The molecule has 1 fully saturated rings. The smallest absolute Gasteiger partial charge is 0.287 e. The minimum absolute atomic E-state index is 0.224. The molecule has 0 saturated carbocycles. The number of piperazine rings is 1. The molecule has 1 aliphatic heterocycles. The van der Waals surface area contributed by atoms with Crippen molar-refractivity contribution in [2.45, 2.75) is 13.5 Å². The second-order valence-electron chi connectivity index (χ2n) is 5.82. The van der Waals surface area contributed by atoms with Crippen molar-refractivity contribution >= 4 is 28.9 Å². The molecule has 0 atom stereocenters. The number of aromatic nitrogens is 2. The Bertz CT molecular complexity index is 769. The Morgan fingerprint density at radius 3 is 2.50 bits per heavy atom. The van der Waals surface area contributed by atoms with Gasteiger partial charge in [0.1, 0.15) is 5.02 Å². The minimum atomic E-state index is -0.285. The average Bonchev–Trinajstić information content (AvgIpc) is 2.61. The van der Waals surface area contributed by atoms with Crippen LogP contribution in [0.25, 0.3) is 0 Å². The SMILES string of the molecule is CCN1CCN(c2cnn(Cc3ccccc3Cl)c(=O)c2Cl)CC1. The highest BCUT2D eigenvalue weighted by Crippen LogP contribution is 2.23. The van der Waals surface area contributed by atoms with E-state index < -0.39 is 0 Å². The Morgan fingerprint density at radius 2 is 1.83 bits per heavy atom. The summed E-state index contributed by atoms with van der Waals surface area (Å²) in [6.45, 7) is 7.14. The fourth-order valence-corrected chi connectivity index (χ4v) is 3.34. The van der Waals surface area contributed by atoms with Gasteiger partial charge in [-0.25, -0.2) is 4.68 Å². The van der Waals surface area contributed by atoms with Crippen molar-refractivity contribution in [3.8, 4) is 0 Å². The van der Waals surface area contributed by atoms with Crippen molar-refractivity contribution < 1.29 is 0 Å². The molecule has 7 heteroatoms. The number of hydrogen-bond donors (Lipinski definition) is 0. The van der Waals surface area contributed by atoms with Crippen molar-refractivity contribution in [3.05, 3.63) is 56.4 Å². The molecule has 0 N–H and O–H groups in total. The zero-order valence-corrected chi connectivity index (χ0v) is 15.1. The topological polar surface area (TPSA) is 41.4 Å². The van der Waals surface area contributed by atoms with Crippen molar-refractivity contribution in [2.24, 2.45) is 0 Å². The highest BCUT2D eigenvalue weighted by Gasteiger charge is 2.20. The summed E-state index contributed by atoms with van der Waals surface area (Å²) in [4.78, 5) is 17.1. The number of benzene rings is 1. The first-order valence-electron chi connectivity index (χ1n) is 8.06. The van der Waals surface area contributed by atoms with Crippen LogP contribution in [-0.2, 0) is 6.54 Å². The van der Waals surface area contributed by atoms with E-state index in [1.54, 1.807) is 12.3 Å². The first-order chi connectivity index (χ1) is 11.6. The number of halogens is 2. The Morgan fingerprint density at radius 1 is 1.12 bits per heavy atom. The number of anilines is 1. The standard InChI is InChI=1S/C17H20Cl2N4O/c1-2-21-7-9-22(10-8-21)15-11-20-23(17(24)16(15)19)12-13-5-3-4-6-14(13)18/h3-6,11H,2,7-10,12H2,1H3. The maximum atomic E-state index is 12.6. The van der Waals surface area contributed by atoms with Crippen LogP contribution in [0.15, 0.2) is 35.3 Å². The molecule has 0 radical (unpaired) electrons. The van der Waals surface area contributed by atoms with Gasteiger partial charge in [-0.1, -0.05) is 48.3 Å². The zero-order valence-electron chi connectivity index (χ0n) is 13.6. The van der Waals surface area contributed by atoms with Gasteiger partial charge >= 0.3 is 0 Å². The molecule has 0 unspecified atom stereocenters. The number of nitrogens with zero attached hydrogens (tertiary/aromatic N) is 4. The maximum Gasteiger partial charge on any atom is 0.287 e. The van der Waals surface area contributed by atoms with Gasteiger partial charge in [0.05, 0.1) is 18.4 Å². The molecule has 0 spiro atoms. The maximum absolute atomic E-state index is 12.6. The molecule has 1 aromatic heterocycles. The van der Waals surface area contributed by atoms with Crippen molar-refractivity contribution in [1.29, 1.82) is 0 Å². The van der Waals surface area contributed by atoms with Crippen LogP contribution in [0.3, 0.4) is 0 Å². The molecular formula is C17H20Cl2N4O. The van der Waals surface area contributed by atoms with Gasteiger partial charge in [0, 0.05) is 31.2 Å². The summed E-state index contributed by atoms with van der Waals surface area (Å²) >= 11 is 12.5. The molecule has 128 valence electrons. The molecule has 2 aromatic rings. The summed E-state index contributed by atoms with van der Waals surface area (Å²) in [5, 5.41) is 5.13. The molecule has 5 nitrogen and oxygen atoms in total. The van der Waals surface area contributed by atoms with E-state index in [4.69, 9.17) is 23.2 Å². The summed E-state index contributed by atoms with van der Waals surface area (Å²) in [5.41, 5.74) is 1.27. The van der Waals surface area contributed by atoms with Gasteiger partial charge in [-0.15, -0.1) is 0 Å². The molecule has 3 rings (SSSR count). The van der Waals surface area contributed by atoms with E-state index in [-0.39, 0.29) is 10.6 Å². The van der Waals surface area contributed by atoms with Gasteiger partial charge in [0.25, 0.3) is 5.56 Å². The fraction of sp³-hybridized carbons (Fsp3) is 0.412. The largest absolute Gasteiger partial charge is 0.366 e. The molecule has 1 saturated heterocycles. The second-order valence-corrected chi connectivity index (χ2v) is 6.60. The van der Waals surface area contributed by atoms with Gasteiger partial charge in [-0.3, -0.25) is 4.79 Å². The monoisotopic (exact) mass is 366 g/mol. The normalized spacial score (nSPS) is 15.7. The Kier molecular flexibility index (Phi) is 5.43. The van der Waals surface area contributed by atoms with Crippen molar-refractivity contribution in [1.82, 2.24) is 14.7 Å². The summed E-state index contributed by atoms with van der Waals surface area (Å²) in [5.74, 6) is 0. The molecule has 1 aliphatic rings. The van der Waals surface area contributed by atoms with Crippen LogP contribution in [0.1, 0.15) is 12.5 Å². The van der Waals surface area contributed by atoms with E-state index in [1.165, 1.54) is 4.68 Å². The first kappa shape index (κ1) is 17.3. The third kappa shape index (κ3) is 3.58. The van der Waals surface area contributed by atoms with Gasteiger partial charge in [0.2, 0.25) is 0 Å². The summed E-state index contributed by atoms with van der Waals surface area (Å²) < 4.78 is 1.36. The molecule has 0 aliphatic carbocycles. The van der Waals surface area contributed by atoms with E-state index >= 15 is 0 Å². The minimum Gasteiger partial charge on any atom is -0.366 e.